The van der Waals surface area contributed by atoms with Gasteiger partial charge in [0.05, 0.1) is 13.2 Å². The Morgan fingerprint density at radius 2 is 1.87 bits per heavy atom. The van der Waals surface area contributed by atoms with Crippen molar-refractivity contribution in [2.45, 2.75) is 32.6 Å². The van der Waals surface area contributed by atoms with E-state index in [0.717, 1.165) is 23.3 Å². The molecule has 1 atom stereocenters. The lowest BCUT2D eigenvalue weighted by Crippen LogP contribution is -2.25. The van der Waals surface area contributed by atoms with E-state index in [-0.39, 0.29) is 17.2 Å². The molecule has 1 heterocycles. The molecule has 0 bridgehead atoms. The van der Waals surface area contributed by atoms with Crippen LogP contribution in [0, 0.1) is 6.92 Å². The van der Waals surface area contributed by atoms with Gasteiger partial charge in [-0.1, -0.05) is 42.1 Å². The van der Waals surface area contributed by atoms with Crippen molar-refractivity contribution < 1.29 is 19.1 Å². The summed E-state index contributed by atoms with van der Waals surface area (Å²) in [5.41, 5.74) is 1.98. The van der Waals surface area contributed by atoms with Crippen LogP contribution in [0.15, 0.2) is 53.6 Å². The minimum atomic E-state index is -0.350. The number of thioether (sulfide) groups is 1. The van der Waals surface area contributed by atoms with Gasteiger partial charge in [-0.3, -0.25) is 9.59 Å². The average molecular weight is 428 g/mol. The molecule has 0 saturated heterocycles. The summed E-state index contributed by atoms with van der Waals surface area (Å²) in [5.74, 6) is 1.17. The summed E-state index contributed by atoms with van der Waals surface area (Å²) >= 11 is 1.32. The van der Waals surface area contributed by atoms with Crippen molar-refractivity contribution >= 4 is 28.7 Å². The first-order chi connectivity index (χ1) is 14.4. The Balaban J connectivity index is 1.55. The second-order valence-corrected chi connectivity index (χ2v) is 7.88. The molecule has 0 radical (unpaired) electrons. The van der Waals surface area contributed by atoms with Gasteiger partial charge in [0.15, 0.2) is 5.17 Å². The van der Waals surface area contributed by atoms with Gasteiger partial charge in [0, 0.05) is 20.3 Å². The van der Waals surface area contributed by atoms with Gasteiger partial charge in [0.2, 0.25) is 11.8 Å². The largest absolute Gasteiger partial charge is 0.493 e. The van der Waals surface area contributed by atoms with Gasteiger partial charge in [-0.15, -0.1) is 5.10 Å². The maximum absolute atomic E-state index is 12.0. The Morgan fingerprint density at radius 1 is 1.10 bits per heavy atom. The number of carbonyl (C=O) groups excluding carboxylic acids is 2. The Morgan fingerprint density at radius 3 is 2.60 bits per heavy atom. The second-order valence-electron chi connectivity index (χ2n) is 6.81. The van der Waals surface area contributed by atoms with E-state index >= 15 is 0 Å². The Bertz CT molecular complexity index is 947. The third-order valence-electron chi connectivity index (χ3n) is 4.30. The number of amidine groups is 1. The number of nitrogens with one attached hydrogen (secondary N) is 1. The quantitative estimate of drug-likeness (QED) is 0.679. The van der Waals surface area contributed by atoms with E-state index in [9.17, 15) is 9.59 Å². The fourth-order valence-corrected chi connectivity index (χ4v) is 4.01. The van der Waals surface area contributed by atoms with Gasteiger partial charge in [-0.25, -0.2) is 5.01 Å². The average Bonchev–Trinajstić information content (AvgIpc) is 3.13. The minimum absolute atomic E-state index is 0.201. The van der Waals surface area contributed by atoms with Crippen LogP contribution in [0.25, 0.3) is 0 Å². The predicted molar refractivity (Wildman–Crippen MR) is 117 cm³/mol. The van der Waals surface area contributed by atoms with Gasteiger partial charge >= 0.3 is 0 Å². The number of hydrazone groups is 1. The van der Waals surface area contributed by atoms with E-state index in [1.165, 1.54) is 30.6 Å². The molecular formula is C22H25N3O4S. The van der Waals surface area contributed by atoms with E-state index in [2.05, 4.69) is 10.4 Å². The molecule has 0 aliphatic carbocycles. The van der Waals surface area contributed by atoms with Crippen LogP contribution in [0.5, 0.6) is 11.5 Å². The number of aryl methyl sites for hydroxylation is 1. The van der Waals surface area contributed by atoms with Crippen molar-refractivity contribution in [3.05, 3.63) is 59.7 Å². The highest BCUT2D eigenvalue weighted by atomic mass is 32.2. The van der Waals surface area contributed by atoms with E-state index in [0.29, 0.717) is 24.1 Å². The summed E-state index contributed by atoms with van der Waals surface area (Å²) < 4.78 is 11.6. The number of hydrogen-bond acceptors (Lipinski definition) is 6. The van der Waals surface area contributed by atoms with Gasteiger partial charge in [-0.05, 0) is 36.2 Å². The van der Waals surface area contributed by atoms with Crippen LogP contribution in [0.1, 0.15) is 36.8 Å². The lowest BCUT2D eigenvalue weighted by Gasteiger charge is -2.19. The molecule has 8 heteroatoms. The van der Waals surface area contributed by atoms with Gasteiger partial charge in [-0.2, -0.15) is 0 Å². The molecule has 158 valence electrons. The number of benzene rings is 2. The monoisotopic (exact) mass is 427 g/mol. The normalized spacial score (nSPS) is 15.5. The van der Waals surface area contributed by atoms with E-state index in [4.69, 9.17) is 9.47 Å². The second kappa shape index (κ2) is 10.2. The predicted octanol–water partition coefficient (Wildman–Crippen LogP) is 3.84. The molecule has 0 aromatic heterocycles. The number of hydrogen-bond donors (Lipinski definition) is 1. The van der Waals surface area contributed by atoms with Crippen molar-refractivity contribution in [3.8, 4) is 11.5 Å². The molecule has 3 rings (SSSR count). The Hall–Kier alpha value is -3.00. The molecule has 0 fully saturated rings. The first kappa shape index (κ1) is 21.7. The molecule has 2 amide bonds. The molecule has 0 spiro atoms. The van der Waals surface area contributed by atoms with Crippen LogP contribution in [-0.2, 0) is 9.59 Å². The molecule has 30 heavy (non-hydrogen) atoms. The maximum Gasteiger partial charge on any atom is 0.241 e. The lowest BCUT2D eigenvalue weighted by molar-refractivity contribution is -0.129. The highest BCUT2D eigenvalue weighted by Gasteiger charge is 2.32. The van der Waals surface area contributed by atoms with Gasteiger partial charge < -0.3 is 14.8 Å². The topological polar surface area (TPSA) is 80.2 Å². The summed E-state index contributed by atoms with van der Waals surface area (Å²) in [4.78, 5) is 23.3. The molecule has 1 N–H and O–H groups in total. The summed E-state index contributed by atoms with van der Waals surface area (Å²) in [6, 6.07) is 15.5. The summed E-state index contributed by atoms with van der Waals surface area (Å²) in [7, 11) is 0. The first-order valence-corrected chi connectivity index (χ1v) is 10.6. The maximum atomic E-state index is 12.0. The number of carbonyl (C=O) groups is 2. The zero-order chi connectivity index (χ0) is 21.5. The molecule has 1 aliphatic rings. The number of nitrogens with zero attached hydrogens (tertiary/aromatic N) is 2. The zero-order valence-corrected chi connectivity index (χ0v) is 18.1. The molecule has 2 aromatic rings. The van der Waals surface area contributed by atoms with Crippen LogP contribution in [0.4, 0.5) is 0 Å². The summed E-state index contributed by atoms with van der Waals surface area (Å²) in [5, 5.41) is 8.27. The van der Waals surface area contributed by atoms with Crippen LogP contribution in [0.2, 0.25) is 0 Å². The van der Waals surface area contributed by atoms with E-state index in [1.807, 2.05) is 55.5 Å². The number of rotatable bonds is 7. The van der Waals surface area contributed by atoms with Crippen molar-refractivity contribution in [2.75, 3.05) is 13.2 Å². The Kier molecular flexibility index (Phi) is 7.35. The molecule has 0 saturated carbocycles. The van der Waals surface area contributed by atoms with Crippen molar-refractivity contribution in [2.24, 2.45) is 5.10 Å². The summed E-state index contributed by atoms with van der Waals surface area (Å²) in [6.45, 7) is 5.95. The third kappa shape index (κ3) is 5.76. The van der Waals surface area contributed by atoms with Crippen LogP contribution in [0.3, 0.4) is 0 Å². The molecule has 1 aliphatic heterocycles. The van der Waals surface area contributed by atoms with Crippen LogP contribution >= 0.6 is 11.8 Å². The molecule has 0 unspecified atom stereocenters. The van der Waals surface area contributed by atoms with Crippen LogP contribution < -0.4 is 14.8 Å². The smallest absolute Gasteiger partial charge is 0.241 e. The van der Waals surface area contributed by atoms with Gasteiger partial charge in [0.25, 0.3) is 0 Å². The van der Waals surface area contributed by atoms with Crippen molar-refractivity contribution in [1.82, 2.24) is 10.3 Å². The van der Waals surface area contributed by atoms with Crippen molar-refractivity contribution in [3.63, 3.8) is 0 Å². The van der Waals surface area contributed by atoms with Crippen molar-refractivity contribution in [1.29, 1.82) is 0 Å². The summed E-state index contributed by atoms with van der Waals surface area (Å²) in [6.07, 6.45) is 0.742. The first-order valence-electron chi connectivity index (χ1n) is 9.68. The number of ether oxygens (including phenoxy) is 2. The van der Waals surface area contributed by atoms with Crippen LogP contribution in [-0.4, -0.2) is 35.2 Å². The standard InChI is InChI=1S/C22H25N3O4S/c1-15-8-4-5-11-20(15)29-13-7-12-28-19-10-6-9-18(14-19)21-25(17(3)27)24-22(30-21)23-16(2)26/h4-6,8-11,14,21H,7,12-13H2,1-3H3,(H,23,24,26)/t21-/m1/s1. The highest BCUT2D eigenvalue weighted by molar-refractivity contribution is 8.14. The molecule has 7 nitrogen and oxygen atoms in total. The lowest BCUT2D eigenvalue weighted by atomic mass is 10.2. The zero-order valence-electron chi connectivity index (χ0n) is 17.3. The van der Waals surface area contributed by atoms with E-state index in [1.54, 1.807) is 0 Å². The third-order valence-corrected chi connectivity index (χ3v) is 5.40. The molecular weight excluding hydrogens is 402 g/mol. The molecule has 2 aromatic carbocycles. The van der Waals surface area contributed by atoms with E-state index < -0.39 is 0 Å². The van der Waals surface area contributed by atoms with Gasteiger partial charge in [0.1, 0.15) is 16.9 Å². The highest BCUT2D eigenvalue weighted by Crippen LogP contribution is 2.39. The SMILES string of the molecule is CC(=O)NC1=NN(C(C)=O)[C@@H](c2cccc(OCCCOc3ccccc3C)c2)S1. The Labute approximate surface area is 180 Å². The number of para-hydroxylation sites is 1. The minimum Gasteiger partial charge on any atom is -0.493 e. The fraction of sp³-hybridized carbons (Fsp3) is 0.318. The number of amides is 2. The fourth-order valence-electron chi connectivity index (χ4n) is 2.89.